The number of ether oxygens (including phenoxy) is 1. The minimum Gasteiger partial charge on any atom is -0.494 e. The van der Waals surface area contributed by atoms with Gasteiger partial charge in [-0.05, 0) is 44.0 Å². The van der Waals surface area contributed by atoms with Crippen LogP contribution < -0.4 is 4.74 Å². The summed E-state index contributed by atoms with van der Waals surface area (Å²) in [4.78, 5) is 11.3. The zero-order valence-corrected chi connectivity index (χ0v) is 12.9. The highest BCUT2D eigenvalue weighted by Gasteiger charge is 2.14. The Hall–Kier alpha value is -2.10. The van der Waals surface area contributed by atoms with E-state index in [1.165, 1.54) is 0 Å². The maximum absolute atomic E-state index is 11.3. The summed E-state index contributed by atoms with van der Waals surface area (Å²) in [5.74, 6) is 0.827. The van der Waals surface area contributed by atoms with Crippen LogP contribution in [0.1, 0.15) is 50.0 Å². The number of hydrogen-bond donors (Lipinski definition) is 0. The van der Waals surface area contributed by atoms with Crippen molar-refractivity contribution in [2.45, 2.75) is 39.7 Å². The number of carbonyl (C=O) groups excluding carboxylic acids is 1. The average molecular weight is 286 g/mol. The summed E-state index contributed by atoms with van der Waals surface area (Å²) >= 11 is 0. The third-order valence-electron chi connectivity index (χ3n) is 3.64. The maximum Gasteiger partial charge on any atom is 0.153 e. The second-order valence-electron chi connectivity index (χ2n) is 4.96. The second-order valence-corrected chi connectivity index (χ2v) is 4.96. The van der Waals surface area contributed by atoms with E-state index in [4.69, 9.17) is 4.74 Å². The highest BCUT2D eigenvalue weighted by molar-refractivity contribution is 5.85. The molecule has 4 nitrogen and oxygen atoms in total. The zero-order chi connectivity index (χ0) is 15.2. The first-order valence-corrected chi connectivity index (χ1v) is 7.51. The van der Waals surface area contributed by atoms with Crippen molar-refractivity contribution in [3.8, 4) is 17.0 Å². The average Bonchev–Trinajstić information content (AvgIpc) is 2.94. The summed E-state index contributed by atoms with van der Waals surface area (Å²) in [5.41, 5.74) is 2.30. The maximum atomic E-state index is 11.3. The molecule has 21 heavy (non-hydrogen) atoms. The van der Waals surface area contributed by atoms with Gasteiger partial charge in [0.1, 0.15) is 11.4 Å². The molecule has 0 aliphatic rings. The van der Waals surface area contributed by atoms with Crippen LogP contribution in [-0.2, 0) is 0 Å². The van der Waals surface area contributed by atoms with Gasteiger partial charge in [0.05, 0.1) is 18.2 Å². The Morgan fingerprint density at radius 3 is 2.38 bits per heavy atom. The van der Waals surface area contributed by atoms with E-state index in [2.05, 4.69) is 18.9 Å². The van der Waals surface area contributed by atoms with Gasteiger partial charge >= 0.3 is 0 Å². The van der Waals surface area contributed by atoms with Crippen LogP contribution in [0.4, 0.5) is 0 Å². The Morgan fingerprint density at radius 1 is 1.19 bits per heavy atom. The summed E-state index contributed by atoms with van der Waals surface area (Å²) < 4.78 is 7.35. The van der Waals surface area contributed by atoms with Crippen LogP contribution >= 0.6 is 0 Å². The number of rotatable bonds is 7. The van der Waals surface area contributed by atoms with Crippen LogP contribution in [-0.4, -0.2) is 22.7 Å². The number of hydrogen-bond acceptors (Lipinski definition) is 3. The number of nitrogens with zero attached hydrogens (tertiary/aromatic N) is 2. The van der Waals surface area contributed by atoms with Gasteiger partial charge in [-0.1, -0.05) is 13.8 Å². The number of aromatic nitrogens is 2. The fourth-order valence-corrected chi connectivity index (χ4v) is 2.44. The second kappa shape index (κ2) is 7.07. The monoisotopic (exact) mass is 286 g/mol. The first-order valence-electron chi connectivity index (χ1n) is 7.51. The van der Waals surface area contributed by atoms with Crippen molar-refractivity contribution < 1.29 is 9.53 Å². The summed E-state index contributed by atoms with van der Waals surface area (Å²) in [5, 5.41) is 4.61. The van der Waals surface area contributed by atoms with Crippen LogP contribution in [0.5, 0.6) is 5.75 Å². The molecule has 0 spiro atoms. The van der Waals surface area contributed by atoms with E-state index in [9.17, 15) is 4.79 Å². The third-order valence-corrected chi connectivity index (χ3v) is 3.64. The van der Waals surface area contributed by atoms with E-state index in [0.717, 1.165) is 36.1 Å². The molecule has 4 heteroatoms. The Morgan fingerprint density at radius 2 is 1.86 bits per heavy atom. The lowest BCUT2D eigenvalue weighted by Gasteiger charge is -2.12. The molecule has 0 radical (unpaired) electrons. The molecule has 0 aliphatic carbocycles. The van der Waals surface area contributed by atoms with Gasteiger partial charge in [-0.15, -0.1) is 0 Å². The van der Waals surface area contributed by atoms with Crippen LogP contribution in [0, 0.1) is 0 Å². The number of benzene rings is 1. The molecule has 2 rings (SSSR count). The molecule has 1 aromatic heterocycles. The van der Waals surface area contributed by atoms with E-state index in [0.29, 0.717) is 18.2 Å². The Kier molecular flexibility index (Phi) is 5.14. The largest absolute Gasteiger partial charge is 0.494 e. The van der Waals surface area contributed by atoms with Gasteiger partial charge in [-0.2, -0.15) is 5.10 Å². The lowest BCUT2D eigenvalue weighted by Crippen LogP contribution is -2.07. The Bertz CT molecular complexity index is 583. The molecule has 1 aromatic carbocycles. The third kappa shape index (κ3) is 3.32. The molecule has 112 valence electrons. The van der Waals surface area contributed by atoms with E-state index < -0.39 is 0 Å². The van der Waals surface area contributed by atoms with Gasteiger partial charge in [0.15, 0.2) is 6.29 Å². The SMILES string of the molecule is CCOc1ccc(-c2nn(C(CC)CC)cc2C=O)cc1. The summed E-state index contributed by atoms with van der Waals surface area (Å²) in [6.07, 6.45) is 4.71. The predicted molar refractivity (Wildman–Crippen MR) is 83.8 cm³/mol. The minimum absolute atomic E-state index is 0.333. The fourth-order valence-electron chi connectivity index (χ4n) is 2.44. The van der Waals surface area contributed by atoms with Crippen molar-refractivity contribution in [2.24, 2.45) is 0 Å². The molecule has 0 unspecified atom stereocenters. The van der Waals surface area contributed by atoms with Crippen molar-refractivity contribution in [3.05, 3.63) is 36.0 Å². The van der Waals surface area contributed by atoms with Gasteiger partial charge in [-0.3, -0.25) is 9.48 Å². The molecular formula is C17H22N2O2. The van der Waals surface area contributed by atoms with Crippen LogP contribution in [0.2, 0.25) is 0 Å². The fraction of sp³-hybridized carbons (Fsp3) is 0.412. The van der Waals surface area contributed by atoms with Crippen molar-refractivity contribution in [3.63, 3.8) is 0 Å². The van der Waals surface area contributed by atoms with E-state index in [-0.39, 0.29) is 0 Å². The summed E-state index contributed by atoms with van der Waals surface area (Å²) in [6.45, 7) is 6.86. The van der Waals surface area contributed by atoms with Crippen molar-refractivity contribution in [2.75, 3.05) is 6.61 Å². The van der Waals surface area contributed by atoms with Crippen molar-refractivity contribution in [1.29, 1.82) is 0 Å². The van der Waals surface area contributed by atoms with Gasteiger partial charge in [0.25, 0.3) is 0 Å². The Labute approximate surface area is 125 Å². The summed E-state index contributed by atoms with van der Waals surface area (Å²) in [7, 11) is 0. The first kappa shape index (κ1) is 15.3. The number of aldehydes is 1. The van der Waals surface area contributed by atoms with Crippen LogP contribution in [0.3, 0.4) is 0 Å². The molecule has 0 N–H and O–H groups in total. The molecule has 2 aromatic rings. The predicted octanol–water partition coefficient (Wildman–Crippen LogP) is 4.12. The molecule has 0 saturated heterocycles. The van der Waals surface area contributed by atoms with Crippen LogP contribution in [0.25, 0.3) is 11.3 Å². The quantitative estimate of drug-likeness (QED) is 0.719. The molecular weight excluding hydrogens is 264 g/mol. The van der Waals surface area contributed by atoms with Crippen molar-refractivity contribution >= 4 is 6.29 Å². The highest BCUT2D eigenvalue weighted by atomic mass is 16.5. The summed E-state index contributed by atoms with van der Waals surface area (Å²) in [6, 6.07) is 8.03. The van der Waals surface area contributed by atoms with Crippen LogP contribution in [0.15, 0.2) is 30.5 Å². The molecule has 0 saturated carbocycles. The number of carbonyl (C=O) groups is 1. The Balaban J connectivity index is 2.35. The van der Waals surface area contributed by atoms with Crippen molar-refractivity contribution in [1.82, 2.24) is 9.78 Å². The lowest BCUT2D eigenvalue weighted by atomic mass is 10.1. The molecule has 0 atom stereocenters. The standard InChI is InChI=1S/C17H22N2O2/c1-4-15(5-2)19-11-14(12-20)17(18-19)13-7-9-16(10-8-13)21-6-3/h7-12,15H,4-6H2,1-3H3. The molecule has 0 aliphatic heterocycles. The lowest BCUT2D eigenvalue weighted by molar-refractivity contribution is 0.112. The van der Waals surface area contributed by atoms with Gasteiger partial charge in [0.2, 0.25) is 0 Å². The zero-order valence-electron chi connectivity index (χ0n) is 12.9. The van der Waals surface area contributed by atoms with E-state index in [1.807, 2.05) is 42.1 Å². The van der Waals surface area contributed by atoms with Gasteiger partial charge in [-0.25, -0.2) is 0 Å². The molecule has 0 bridgehead atoms. The van der Waals surface area contributed by atoms with Gasteiger partial charge in [0, 0.05) is 11.8 Å². The van der Waals surface area contributed by atoms with Gasteiger partial charge < -0.3 is 4.74 Å². The minimum atomic E-state index is 0.333. The molecule has 0 amide bonds. The topological polar surface area (TPSA) is 44.1 Å². The van der Waals surface area contributed by atoms with E-state index >= 15 is 0 Å². The molecule has 0 fully saturated rings. The highest BCUT2D eigenvalue weighted by Crippen LogP contribution is 2.26. The normalized spacial score (nSPS) is 10.9. The van der Waals surface area contributed by atoms with E-state index in [1.54, 1.807) is 0 Å². The first-order chi connectivity index (χ1) is 10.2. The smallest absolute Gasteiger partial charge is 0.153 e. The molecule has 1 heterocycles.